The van der Waals surface area contributed by atoms with Crippen LogP contribution in [0.4, 0.5) is 15.8 Å². The predicted octanol–water partition coefficient (Wildman–Crippen LogP) is 5.36. The van der Waals surface area contributed by atoms with Crippen molar-refractivity contribution in [2.45, 2.75) is 44.2 Å². The Morgan fingerprint density at radius 1 is 1.09 bits per heavy atom. The van der Waals surface area contributed by atoms with Gasteiger partial charge in [0.1, 0.15) is 5.82 Å². The summed E-state index contributed by atoms with van der Waals surface area (Å²) in [5.41, 5.74) is 3.29. The van der Waals surface area contributed by atoms with E-state index < -0.39 is 21.9 Å². The number of aryl methyl sites for hydroxylation is 1. The molecule has 1 heterocycles. The van der Waals surface area contributed by atoms with Gasteiger partial charge in [0, 0.05) is 34.8 Å². The average molecular weight is 483 g/mol. The van der Waals surface area contributed by atoms with Crippen LogP contribution in [0.15, 0.2) is 65.6 Å². The highest BCUT2D eigenvalue weighted by molar-refractivity contribution is 7.92. The van der Waals surface area contributed by atoms with Crippen LogP contribution in [0.1, 0.15) is 59.5 Å². The number of fused-ring (bicyclic) bond motifs is 1. The zero-order valence-corrected chi connectivity index (χ0v) is 20.0. The van der Waals surface area contributed by atoms with Crippen LogP contribution in [0, 0.1) is 18.7 Å². The standard InChI is InChI=1S/C26H27FN2O4S/c1-15(2)26(31)18-6-4-17(5-7-18)24-14-25(30)21-13-20(9-11-23(21)28-24)34(32,33)29-19-8-10-22(27)16(3)12-19/h4-13,15,24-25,28-30H,14H2,1-3H3/t24?,25-/m0/s1. The van der Waals surface area contributed by atoms with E-state index in [1.807, 2.05) is 26.0 Å². The lowest BCUT2D eigenvalue weighted by Crippen LogP contribution is -2.22. The number of aliphatic hydroxyl groups excluding tert-OH is 1. The number of nitrogens with one attached hydrogen (secondary N) is 2. The lowest BCUT2D eigenvalue weighted by atomic mass is 9.90. The number of halogens is 1. The van der Waals surface area contributed by atoms with E-state index in [0.717, 1.165) is 5.56 Å². The van der Waals surface area contributed by atoms with Crippen molar-refractivity contribution in [3.8, 4) is 0 Å². The van der Waals surface area contributed by atoms with E-state index in [1.165, 1.54) is 30.3 Å². The van der Waals surface area contributed by atoms with Gasteiger partial charge < -0.3 is 10.4 Å². The number of carbonyl (C=O) groups is 1. The van der Waals surface area contributed by atoms with Gasteiger partial charge >= 0.3 is 0 Å². The molecule has 0 amide bonds. The van der Waals surface area contributed by atoms with Gasteiger partial charge in [-0.2, -0.15) is 0 Å². The Bertz CT molecular complexity index is 1340. The first-order chi connectivity index (χ1) is 16.0. The molecule has 2 atom stereocenters. The number of hydrogen-bond donors (Lipinski definition) is 3. The molecule has 0 fully saturated rings. The van der Waals surface area contributed by atoms with Crippen LogP contribution in [-0.2, 0) is 10.0 Å². The van der Waals surface area contributed by atoms with Crippen LogP contribution in [-0.4, -0.2) is 19.3 Å². The fourth-order valence-corrected chi connectivity index (χ4v) is 5.15. The fourth-order valence-electron chi connectivity index (χ4n) is 4.07. The third-order valence-electron chi connectivity index (χ3n) is 6.01. The summed E-state index contributed by atoms with van der Waals surface area (Å²) in [6.45, 7) is 5.27. The minimum absolute atomic E-state index is 0.00378. The molecule has 178 valence electrons. The van der Waals surface area contributed by atoms with Crippen molar-refractivity contribution in [3.63, 3.8) is 0 Å². The Morgan fingerprint density at radius 3 is 2.44 bits per heavy atom. The summed E-state index contributed by atoms with van der Waals surface area (Å²) >= 11 is 0. The van der Waals surface area contributed by atoms with E-state index in [9.17, 15) is 22.7 Å². The normalized spacial score (nSPS) is 17.7. The number of carbonyl (C=O) groups excluding carboxylic acids is 1. The Labute approximate surface area is 198 Å². The molecule has 4 rings (SSSR count). The smallest absolute Gasteiger partial charge is 0.261 e. The van der Waals surface area contributed by atoms with E-state index >= 15 is 0 Å². The van der Waals surface area contributed by atoms with Crippen LogP contribution in [0.5, 0.6) is 0 Å². The third kappa shape index (κ3) is 4.83. The van der Waals surface area contributed by atoms with Gasteiger partial charge in [-0.05, 0) is 54.4 Å². The molecular formula is C26H27FN2O4S. The summed E-state index contributed by atoms with van der Waals surface area (Å²) in [7, 11) is -3.93. The van der Waals surface area contributed by atoms with Crippen LogP contribution in [0.25, 0.3) is 0 Å². The second kappa shape index (κ2) is 9.19. The van der Waals surface area contributed by atoms with E-state index in [-0.39, 0.29) is 28.3 Å². The molecule has 0 aliphatic carbocycles. The molecule has 3 N–H and O–H groups in total. The second-order valence-corrected chi connectivity index (χ2v) is 10.6. The zero-order valence-electron chi connectivity index (χ0n) is 19.2. The molecule has 6 nitrogen and oxygen atoms in total. The summed E-state index contributed by atoms with van der Waals surface area (Å²) in [6.07, 6.45) is -0.528. The van der Waals surface area contributed by atoms with Crippen molar-refractivity contribution < 1.29 is 22.7 Å². The lowest BCUT2D eigenvalue weighted by Gasteiger charge is -2.31. The molecule has 1 unspecified atom stereocenters. The molecule has 0 aromatic heterocycles. The van der Waals surface area contributed by atoms with E-state index in [4.69, 9.17) is 0 Å². The van der Waals surface area contributed by atoms with E-state index in [1.54, 1.807) is 25.1 Å². The zero-order chi connectivity index (χ0) is 24.6. The number of rotatable bonds is 6. The van der Waals surface area contributed by atoms with Crippen molar-refractivity contribution in [1.29, 1.82) is 0 Å². The van der Waals surface area contributed by atoms with Gasteiger partial charge in [0.2, 0.25) is 0 Å². The van der Waals surface area contributed by atoms with Crippen molar-refractivity contribution >= 4 is 27.2 Å². The third-order valence-corrected chi connectivity index (χ3v) is 7.39. The highest BCUT2D eigenvalue weighted by Gasteiger charge is 2.28. The summed E-state index contributed by atoms with van der Waals surface area (Å²) < 4.78 is 41.7. The molecule has 34 heavy (non-hydrogen) atoms. The number of hydrogen-bond acceptors (Lipinski definition) is 5. The van der Waals surface area contributed by atoms with Gasteiger partial charge in [0.25, 0.3) is 10.0 Å². The van der Waals surface area contributed by atoms with Crippen molar-refractivity contribution in [2.24, 2.45) is 5.92 Å². The number of sulfonamides is 1. The average Bonchev–Trinajstić information content (AvgIpc) is 2.80. The van der Waals surface area contributed by atoms with Gasteiger partial charge in [0.05, 0.1) is 17.0 Å². The molecule has 0 spiro atoms. The molecule has 3 aromatic carbocycles. The lowest BCUT2D eigenvalue weighted by molar-refractivity contribution is 0.0939. The largest absolute Gasteiger partial charge is 0.388 e. The number of Topliss-reactive ketones (excluding diaryl/α,β-unsaturated/α-hetero) is 1. The fraction of sp³-hybridized carbons (Fsp3) is 0.269. The Balaban J connectivity index is 1.55. The van der Waals surface area contributed by atoms with Crippen LogP contribution in [0.3, 0.4) is 0 Å². The topological polar surface area (TPSA) is 95.5 Å². The summed E-state index contributed by atoms with van der Waals surface area (Å²) in [5.74, 6) is -0.423. The highest BCUT2D eigenvalue weighted by atomic mass is 32.2. The minimum Gasteiger partial charge on any atom is -0.388 e. The molecule has 0 saturated heterocycles. The number of ketones is 1. The summed E-state index contributed by atoms with van der Waals surface area (Å²) in [4.78, 5) is 12.2. The Kier molecular flexibility index (Phi) is 6.47. The van der Waals surface area contributed by atoms with Crippen LogP contribution < -0.4 is 10.0 Å². The van der Waals surface area contributed by atoms with Crippen LogP contribution in [0.2, 0.25) is 0 Å². The second-order valence-electron chi connectivity index (χ2n) is 8.91. The maximum atomic E-state index is 13.5. The Morgan fingerprint density at radius 2 is 1.79 bits per heavy atom. The number of anilines is 2. The molecule has 0 radical (unpaired) electrons. The minimum atomic E-state index is -3.93. The molecular weight excluding hydrogens is 455 g/mol. The highest BCUT2D eigenvalue weighted by Crippen LogP contribution is 2.40. The summed E-state index contributed by atoms with van der Waals surface area (Å²) in [6, 6.07) is 15.7. The SMILES string of the molecule is Cc1cc(NS(=O)(=O)c2ccc3c(c2)[C@@H](O)CC(c2ccc(C(=O)C(C)C)cc2)N3)ccc1F. The molecule has 0 saturated carbocycles. The quantitative estimate of drug-likeness (QED) is 0.411. The monoisotopic (exact) mass is 482 g/mol. The van der Waals surface area contributed by atoms with Crippen LogP contribution >= 0.6 is 0 Å². The van der Waals surface area contributed by atoms with E-state index in [0.29, 0.717) is 28.8 Å². The first-order valence-corrected chi connectivity index (χ1v) is 12.5. The van der Waals surface area contributed by atoms with Gasteiger partial charge in [-0.15, -0.1) is 0 Å². The molecule has 3 aromatic rings. The molecule has 1 aliphatic rings. The summed E-state index contributed by atoms with van der Waals surface area (Å²) in [5, 5.41) is 14.2. The first-order valence-electron chi connectivity index (χ1n) is 11.1. The van der Waals surface area contributed by atoms with E-state index in [2.05, 4.69) is 10.0 Å². The molecule has 8 heteroatoms. The maximum Gasteiger partial charge on any atom is 0.261 e. The molecule has 0 bridgehead atoms. The first kappa shape index (κ1) is 23.9. The van der Waals surface area contributed by atoms with Gasteiger partial charge in [-0.1, -0.05) is 38.1 Å². The van der Waals surface area contributed by atoms with Crippen molar-refractivity contribution in [1.82, 2.24) is 0 Å². The number of benzene rings is 3. The predicted molar refractivity (Wildman–Crippen MR) is 130 cm³/mol. The molecule has 1 aliphatic heterocycles. The van der Waals surface area contributed by atoms with Crippen molar-refractivity contribution in [3.05, 3.63) is 88.7 Å². The maximum absolute atomic E-state index is 13.5. The van der Waals surface area contributed by atoms with Crippen molar-refractivity contribution in [2.75, 3.05) is 10.0 Å². The van der Waals surface area contributed by atoms with Gasteiger partial charge in [0.15, 0.2) is 5.78 Å². The Hall–Kier alpha value is -3.23. The van der Waals surface area contributed by atoms with Gasteiger partial charge in [-0.3, -0.25) is 9.52 Å². The van der Waals surface area contributed by atoms with Gasteiger partial charge in [-0.25, -0.2) is 12.8 Å². The number of aliphatic hydroxyl groups is 1.